The number of rotatable bonds is 2. The molecule has 0 aliphatic heterocycles. The van der Waals surface area contributed by atoms with Gasteiger partial charge in [-0.1, -0.05) is 0 Å². The van der Waals surface area contributed by atoms with E-state index in [-0.39, 0.29) is 17.5 Å². The molecule has 0 aromatic carbocycles. The van der Waals surface area contributed by atoms with Gasteiger partial charge in [-0.3, -0.25) is 14.7 Å². The maximum absolute atomic E-state index is 12.1. The minimum Gasteiger partial charge on any atom is -0.455 e. The lowest BCUT2D eigenvalue weighted by Crippen LogP contribution is -2.12. The number of nitrogens with one attached hydrogen (secondary N) is 2. The van der Waals surface area contributed by atoms with Crippen LogP contribution in [-0.2, 0) is 6.42 Å². The molecule has 0 bridgehead atoms. The molecular formula is C13H13N3O3. The van der Waals surface area contributed by atoms with Gasteiger partial charge in [0.05, 0.1) is 17.4 Å². The van der Waals surface area contributed by atoms with Gasteiger partial charge in [-0.05, 0) is 13.3 Å². The SMILES string of the molecule is Cc1c(C(=O)Nc2cn[nH]c2)oc2c1C(=O)CCC2. The summed E-state index contributed by atoms with van der Waals surface area (Å²) in [5.74, 6) is 0.540. The molecular weight excluding hydrogens is 246 g/mol. The largest absolute Gasteiger partial charge is 0.455 e. The summed E-state index contributed by atoms with van der Waals surface area (Å²) in [4.78, 5) is 24.0. The number of fused-ring (bicyclic) bond motifs is 1. The molecule has 2 N–H and O–H groups in total. The minimum absolute atomic E-state index is 0.0601. The normalized spacial score (nSPS) is 14.3. The Kier molecular flexibility index (Phi) is 2.70. The van der Waals surface area contributed by atoms with Crippen LogP contribution in [0, 0.1) is 6.92 Å². The lowest BCUT2D eigenvalue weighted by Gasteiger charge is -2.07. The van der Waals surface area contributed by atoms with Gasteiger partial charge < -0.3 is 9.73 Å². The molecule has 0 atom stereocenters. The molecule has 0 spiro atoms. The summed E-state index contributed by atoms with van der Waals surface area (Å²) in [5, 5.41) is 9.02. The smallest absolute Gasteiger partial charge is 0.291 e. The van der Waals surface area contributed by atoms with Gasteiger partial charge in [0.25, 0.3) is 5.91 Å². The second-order valence-electron chi connectivity index (χ2n) is 4.57. The second-order valence-corrected chi connectivity index (χ2v) is 4.57. The van der Waals surface area contributed by atoms with E-state index in [4.69, 9.17) is 4.42 Å². The van der Waals surface area contributed by atoms with E-state index < -0.39 is 0 Å². The average Bonchev–Trinajstić information content (AvgIpc) is 2.98. The number of aryl methyl sites for hydroxylation is 1. The van der Waals surface area contributed by atoms with Crippen LogP contribution < -0.4 is 5.32 Å². The topological polar surface area (TPSA) is 88.0 Å². The van der Waals surface area contributed by atoms with E-state index in [0.29, 0.717) is 35.4 Å². The summed E-state index contributed by atoms with van der Waals surface area (Å²) < 4.78 is 5.55. The van der Waals surface area contributed by atoms with Gasteiger partial charge in [0.1, 0.15) is 5.76 Å². The van der Waals surface area contributed by atoms with Gasteiger partial charge in [-0.2, -0.15) is 5.10 Å². The summed E-state index contributed by atoms with van der Waals surface area (Å²) in [6.45, 7) is 1.75. The Balaban J connectivity index is 1.93. The fourth-order valence-electron chi connectivity index (χ4n) is 2.37. The number of aromatic amines is 1. The summed E-state index contributed by atoms with van der Waals surface area (Å²) in [7, 11) is 0. The zero-order chi connectivity index (χ0) is 13.4. The Labute approximate surface area is 109 Å². The first-order valence-corrected chi connectivity index (χ1v) is 6.12. The van der Waals surface area contributed by atoms with Crippen LogP contribution in [0.4, 0.5) is 5.69 Å². The lowest BCUT2D eigenvalue weighted by atomic mass is 9.94. The van der Waals surface area contributed by atoms with E-state index in [1.165, 1.54) is 6.20 Å². The summed E-state index contributed by atoms with van der Waals surface area (Å²) >= 11 is 0. The van der Waals surface area contributed by atoms with Crippen LogP contribution in [0.25, 0.3) is 0 Å². The highest BCUT2D eigenvalue weighted by Gasteiger charge is 2.28. The molecule has 1 aliphatic rings. The number of ketones is 1. The van der Waals surface area contributed by atoms with E-state index in [1.54, 1.807) is 13.1 Å². The van der Waals surface area contributed by atoms with Crippen LogP contribution >= 0.6 is 0 Å². The van der Waals surface area contributed by atoms with Gasteiger partial charge in [0.2, 0.25) is 0 Å². The van der Waals surface area contributed by atoms with E-state index in [1.807, 2.05) is 0 Å². The van der Waals surface area contributed by atoms with Gasteiger partial charge >= 0.3 is 0 Å². The van der Waals surface area contributed by atoms with E-state index in [9.17, 15) is 9.59 Å². The van der Waals surface area contributed by atoms with Crippen molar-refractivity contribution in [3.63, 3.8) is 0 Å². The molecule has 1 amide bonds. The van der Waals surface area contributed by atoms with E-state index >= 15 is 0 Å². The van der Waals surface area contributed by atoms with Crippen LogP contribution in [0.1, 0.15) is 45.1 Å². The highest BCUT2D eigenvalue weighted by atomic mass is 16.4. The van der Waals surface area contributed by atoms with Crippen molar-refractivity contribution in [2.24, 2.45) is 0 Å². The maximum Gasteiger partial charge on any atom is 0.291 e. The van der Waals surface area contributed by atoms with Crippen molar-refractivity contribution >= 4 is 17.4 Å². The molecule has 19 heavy (non-hydrogen) atoms. The number of carbonyl (C=O) groups excluding carboxylic acids is 2. The molecule has 3 rings (SSSR count). The van der Waals surface area contributed by atoms with Crippen molar-refractivity contribution in [3.8, 4) is 0 Å². The number of H-pyrrole nitrogens is 1. The van der Waals surface area contributed by atoms with Crippen LogP contribution in [-0.4, -0.2) is 21.9 Å². The summed E-state index contributed by atoms with van der Waals surface area (Å²) in [6.07, 6.45) is 5.08. The Morgan fingerprint density at radius 1 is 1.47 bits per heavy atom. The third-order valence-electron chi connectivity index (χ3n) is 3.27. The fraction of sp³-hybridized carbons (Fsp3) is 0.308. The molecule has 0 radical (unpaired) electrons. The highest BCUT2D eigenvalue weighted by molar-refractivity contribution is 6.07. The number of nitrogens with zero attached hydrogens (tertiary/aromatic N) is 1. The van der Waals surface area contributed by atoms with Crippen molar-refractivity contribution in [2.45, 2.75) is 26.2 Å². The Morgan fingerprint density at radius 3 is 3.00 bits per heavy atom. The number of carbonyl (C=O) groups is 2. The van der Waals surface area contributed by atoms with Crippen LogP contribution in [0.2, 0.25) is 0 Å². The molecule has 98 valence electrons. The number of aromatic nitrogens is 2. The molecule has 0 saturated carbocycles. The van der Waals surface area contributed by atoms with Gasteiger partial charge in [-0.25, -0.2) is 0 Å². The quantitative estimate of drug-likeness (QED) is 0.864. The summed E-state index contributed by atoms with van der Waals surface area (Å²) in [5.41, 5.74) is 1.77. The standard InChI is InChI=1S/C13H13N3O3/c1-7-11-9(17)3-2-4-10(11)19-12(7)13(18)16-8-5-14-15-6-8/h5-6H,2-4H2,1H3,(H,14,15)(H,16,18). The first-order chi connectivity index (χ1) is 9.16. The number of amides is 1. The monoisotopic (exact) mass is 259 g/mol. The molecule has 2 aromatic rings. The average molecular weight is 259 g/mol. The first-order valence-electron chi connectivity index (χ1n) is 6.12. The van der Waals surface area contributed by atoms with Crippen LogP contribution in [0.3, 0.4) is 0 Å². The van der Waals surface area contributed by atoms with Crippen LogP contribution in [0.15, 0.2) is 16.8 Å². The Morgan fingerprint density at radius 2 is 2.32 bits per heavy atom. The van der Waals surface area contributed by atoms with Crippen molar-refractivity contribution in [1.82, 2.24) is 10.2 Å². The zero-order valence-electron chi connectivity index (χ0n) is 10.4. The summed E-state index contributed by atoms with van der Waals surface area (Å²) in [6, 6.07) is 0. The molecule has 0 unspecified atom stereocenters. The third-order valence-corrected chi connectivity index (χ3v) is 3.27. The van der Waals surface area contributed by atoms with Gasteiger partial charge in [0.15, 0.2) is 11.5 Å². The molecule has 6 nitrogen and oxygen atoms in total. The van der Waals surface area contributed by atoms with Crippen molar-refractivity contribution in [1.29, 1.82) is 0 Å². The van der Waals surface area contributed by atoms with Crippen molar-refractivity contribution in [3.05, 3.63) is 35.0 Å². The first kappa shape index (κ1) is 11.7. The third kappa shape index (κ3) is 1.95. The molecule has 1 aliphatic carbocycles. The zero-order valence-corrected chi connectivity index (χ0v) is 10.4. The number of hydrogen-bond acceptors (Lipinski definition) is 4. The fourth-order valence-corrected chi connectivity index (χ4v) is 2.37. The molecule has 0 fully saturated rings. The highest BCUT2D eigenvalue weighted by Crippen LogP contribution is 2.29. The molecule has 6 heteroatoms. The predicted molar refractivity (Wildman–Crippen MR) is 67.3 cm³/mol. The van der Waals surface area contributed by atoms with Crippen molar-refractivity contribution in [2.75, 3.05) is 5.32 Å². The molecule has 2 heterocycles. The van der Waals surface area contributed by atoms with E-state index in [0.717, 1.165) is 6.42 Å². The van der Waals surface area contributed by atoms with Crippen LogP contribution in [0.5, 0.6) is 0 Å². The lowest BCUT2D eigenvalue weighted by molar-refractivity contribution is 0.0963. The molecule has 2 aromatic heterocycles. The van der Waals surface area contributed by atoms with Crippen molar-refractivity contribution < 1.29 is 14.0 Å². The van der Waals surface area contributed by atoms with Gasteiger partial charge in [-0.15, -0.1) is 0 Å². The Hall–Kier alpha value is -2.37. The maximum atomic E-state index is 12.1. The number of anilines is 1. The predicted octanol–water partition coefficient (Wildman–Crippen LogP) is 2.08. The second kappa shape index (κ2) is 4.38. The molecule has 0 saturated heterocycles. The minimum atomic E-state index is -0.360. The Bertz CT molecular complexity index is 640. The number of Topliss-reactive ketones (excluding diaryl/α,β-unsaturated/α-hetero) is 1. The number of furan rings is 1. The van der Waals surface area contributed by atoms with E-state index in [2.05, 4.69) is 15.5 Å². The number of hydrogen-bond donors (Lipinski definition) is 2. The van der Waals surface area contributed by atoms with Gasteiger partial charge in [0, 0.05) is 24.6 Å².